The first-order valence-corrected chi connectivity index (χ1v) is 8.94. The van der Waals surface area contributed by atoms with Crippen LogP contribution in [0.3, 0.4) is 0 Å². The van der Waals surface area contributed by atoms with Crippen LogP contribution in [-0.2, 0) is 4.79 Å². The second-order valence-electron chi connectivity index (χ2n) is 6.31. The summed E-state index contributed by atoms with van der Waals surface area (Å²) in [6.07, 6.45) is 3.63. The van der Waals surface area contributed by atoms with Crippen molar-refractivity contribution < 1.29 is 9.59 Å². The van der Waals surface area contributed by atoms with Gasteiger partial charge in [0.1, 0.15) is 5.69 Å². The van der Waals surface area contributed by atoms with Crippen LogP contribution in [0.2, 0.25) is 0 Å². The fourth-order valence-electron chi connectivity index (χ4n) is 3.68. The minimum absolute atomic E-state index is 0.00908. The Balaban J connectivity index is 1.67. The zero-order chi connectivity index (χ0) is 15.7. The lowest BCUT2D eigenvalue weighted by Gasteiger charge is -2.46. The Labute approximate surface area is 135 Å². The summed E-state index contributed by atoms with van der Waals surface area (Å²) in [6.45, 7) is 6.96. The number of hydrogen-bond acceptors (Lipinski definition) is 4. The first-order valence-electron chi connectivity index (χ1n) is 8.06. The van der Waals surface area contributed by atoms with E-state index in [0.717, 1.165) is 43.8 Å². The molecule has 2 aliphatic heterocycles. The number of hydrogen-bond donors (Lipinski definition) is 0. The van der Waals surface area contributed by atoms with E-state index in [1.54, 1.807) is 0 Å². The van der Waals surface area contributed by atoms with E-state index in [0.29, 0.717) is 24.7 Å². The van der Waals surface area contributed by atoms with E-state index in [4.69, 9.17) is 0 Å². The van der Waals surface area contributed by atoms with Crippen molar-refractivity contribution in [3.05, 3.63) is 16.1 Å². The van der Waals surface area contributed by atoms with E-state index in [2.05, 4.69) is 4.98 Å². The van der Waals surface area contributed by atoms with E-state index in [1.165, 1.54) is 11.3 Å². The summed E-state index contributed by atoms with van der Waals surface area (Å²) in [5.74, 6) is 0.313. The van der Waals surface area contributed by atoms with Gasteiger partial charge in [0.2, 0.25) is 5.91 Å². The van der Waals surface area contributed by atoms with Crippen LogP contribution in [0.4, 0.5) is 0 Å². The lowest BCUT2D eigenvalue weighted by Crippen LogP contribution is -2.54. The van der Waals surface area contributed by atoms with E-state index in [1.807, 2.05) is 29.0 Å². The predicted octanol–water partition coefficient (Wildman–Crippen LogP) is 2.32. The second kappa shape index (κ2) is 5.99. The first-order chi connectivity index (χ1) is 10.6. The van der Waals surface area contributed by atoms with Crippen molar-refractivity contribution in [3.63, 3.8) is 0 Å². The van der Waals surface area contributed by atoms with Crippen LogP contribution >= 0.6 is 11.3 Å². The molecule has 1 aromatic heterocycles. The quantitative estimate of drug-likeness (QED) is 0.840. The Morgan fingerprint density at radius 1 is 1.32 bits per heavy atom. The third-order valence-electron chi connectivity index (χ3n) is 5.05. The molecule has 3 rings (SSSR count). The highest BCUT2D eigenvalue weighted by atomic mass is 32.1. The number of rotatable bonds is 2. The van der Waals surface area contributed by atoms with Crippen molar-refractivity contribution in [2.24, 2.45) is 5.41 Å². The average molecular weight is 321 g/mol. The maximum absolute atomic E-state index is 12.7. The van der Waals surface area contributed by atoms with Crippen molar-refractivity contribution in [2.75, 3.05) is 26.2 Å². The summed E-state index contributed by atoms with van der Waals surface area (Å²) < 4.78 is 0. The number of nitrogens with zero attached hydrogens (tertiary/aromatic N) is 3. The van der Waals surface area contributed by atoms with Crippen LogP contribution in [0, 0.1) is 12.3 Å². The van der Waals surface area contributed by atoms with Gasteiger partial charge in [-0.25, -0.2) is 4.98 Å². The number of carbonyl (C=O) groups excluding carboxylic acids is 2. The number of aromatic nitrogens is 1. The summed E-state index contributed by atoms with van der Waals surface area (Å²) in [5.41, 5.74) is 0.326. The molecule has 22 heavy (non-hydrogen) atoms. The van der Waals surface area contributed by atoms with Gasteiger partial charge in [0.25, 0.3) is 5.91 Å². The highest BCUT2D eigenvalue weighted by molar-refractivity contribution is 7.09. The van der Waals surface area contributed by atoms with Crippen molar-refractivity contribution in [2.45, 2.75) is 39.5 Å². The maximum atomic E-state index is 12.7. The predicted molar refractivity (Wildman–Crippen MR) is 85.9 cm³/mol. The minimum Gasteiger partial charge on any atom is -0.342 e. The summed E-state index contributed by atoms with van der Waals surface area (Å²) >= 11 is 1.50. The Morgan fingerprint density at radius 2 is 2.05 bits per heavy atom. The molecule has 2 amide bonds. The number of likely N-dealkylation sites (tertiary alicyclic amines) is 2. The van der Waals surface area contributed by atoms with Crippen molar-refractivity contribution in [3.8, 4) is 0 Å². The lowest BCUT2D eigenvalue weighted by molar-refractivity contribution is -0.149. The third kappa shape index (κ3) is 2.64. The maximum Gasteiger partial charge on any atom is 0.273 e. The molecule has 2 fully saturated rings. The number of piperidine rings is 2. The Morgan fingerprint density at radius 3 is 2.64 bits per heavy atom. The number of amides is 2. The van der Waals surface area contributed by atoms with Crippen molar-refractivity contribution in [1.82, 2.24) is 14.8 Å². The summed E-state index contributed by atoms with van der Waals surface area (Å²) in [5, 5.41) is 2.74. The normalized spacial score (nSPS) is 21.5. The molecule has 0 radical (unpaired) electrons. The standard InChI is InChI=1S/C16H23N3O2S/c1-3-18-8-4-5-16(15(18)21)6-9-19(10-7-16)14(20)13-11-22-12(2)17-13/h11H,3-10H2,1-2H3. The Bertz CT molecular complexity index is 576. The molecular weight excluding hydrogens is 298 g/mol. The molecule has 3 heterocycles. The topological polar surface area (TPSA) is 53.5 Å². The largest absolute Gasteiger partial charge is 0.342 e. The number of carbonyl (C=O) groups is 2. The molecular formula is C16H23N3O2S. The second-order valence-corrected chi connectivity index (χ2v) is 7.37. The van der Waals surface area contributed by atoms with Crippen LogP contribution in [0.1, 0.15) is 48.1 Å². The molecule has 1 spiro atoms. The Kier molecular flexibility index (Phi) is 4.21. The molecule has 1 aromatic rings. The molecule has 5 nitrogen and oxygen atoms in total. The molecule has 120 valence electrons. The fraction of sp³-hybridized carbons (Fsp3) is 0.688. The smallest absolute Gasteiger partial charge is 0.273 e. The van der Waals surface area contributed by atoms with Crippen LogP contribution < -0.4 is 0 Å². The monoisotopic (exact) mass is 321 g/mol. The molecule has 2 saturated heterocycles. The van der Waals surface area contributed by atoms with Gasteiger partial charge in [-0.05, 0) is 39.5 Å². The van der Waals surface area contributed by atoms with Gasteiger partial charge in [-0.1, -0.05) is 0 Å². The van der Waals surface area contributed by atoms with Gasteiger partial charge in [0.15, 0.2) is 0 Å². The average Bonchev–Trinajstić information content (AvgIpc) is 2.97. The summed E-state index contributed by atoms with van der Waals surface area (Å²) in [6, 6.07) is 0. The fourth-order valence-corrected chi connectivity index (χ4v) is 4.27. The van der Waals surface area contributed by atoms with Crippen molar-refractivity contribution >= 4 is 23.2 Å². The minimum atomic E-state index is -0.219. The summed E-state index contributed by atoms with van der Waals surface area (Å²) in [7, 11) is 0. The molecule has 0 atom stereocenters. The molecule has 0 saturated carbocycles. The SMILES string of the molecule is CCN1CCCC2(CCN(C(=O)c3csc(C)n3)CC2)C1=O. The van der Waals surface area contributed by atoms with E-state index in [-0.39, 0.29) is 11.3 Å². The summed E-state index contributed by atoms with van der Waals surface area (Å²) in [4.78, 5) is 33.3. The third-order valence-corrected chi connectivity index (χ3v) is 5.83. The lowest BCUT2D eigenvalue weighted by atomic mass is 9.71. The molecule has 0 aromatic carbocycles. The van der Waals surface area contributed by atoms with E-state index >= 15 is 0 Å². The molecule has 0 N–H and O–H groups in total. The molecule has 2 aliphatic rings. The van der Waals surface area contributed by atoms with Gasteiger partial charge >= 0.3 is 0 Å². The van der Waals surface area contributed by atoms with Crippen LogP contribution in [0.15, 0.2) is 5.38 Å². The van der Waals surface area contributed by atoms with E-state index in [9.17, 15) is 9.59 Å². The number of aryl methyl sites for hydroxylation is 1. The molecule has 0 aliphatic carbocycles. The van der Waals surface area contributed by atoms with Gasteiger partial charge in [0, 0.05) is 31.6 Å². The van der Waals surface area contributed by atoms with Crippen molar-refractivity contribution in [1.29, 1.82) is 0 Å². The highest BCUT2D eigenvalue weighted by Crippen LogP contribution is 2.41. The van der Waals surface area contributed by atoms with Gasteiger partial charge in [-0.15, -0.1) is 11.3 Å². The highest BCUT2D eigenvalue weighted by Gasteiger charge is 2.45. The van der Waals surface area contributed by atoms with E-state index < -0.39 is 0 Å². The van der Waals surface area contributed by atoms with Crippen LogP contribution in [-0.4, -0.2) is 52.8 Å². The molecule has 0 unspecified atom stereocenters. The first kappa shape index (κ1) is 15.5. The van der Waals surface area contributed by atoms with Gasteiger partial charge in [-0.2, -0.15) is 0 Å². The van der Waals surface area contributed by atoms with Gasteiger partial charge in [0.05, 0.1) is 10.4 Å². The molecule has 6 heteroatoms. The van der Waals surface area contributed by atoms with Crippen LogP contribution in [0.5, 0.6) is 0 Å². The zero-order valence-corrected chi connectivity index (χ0v) is 14.1. The zero-order valence-electron chi connectivity index (χ0n) is 13.3. The molecule has 0 bridgehead atoms. The van der Waals surface area contributed by atoms with Gasteiger partial charge < -0.3 is 9.80 Å². The number of thiazole rings is 1. The van der Waals surface area contributed by atoms with Crippen LogP contribution in [0.25, 0.3) is 0 Å². The Hall–Kier alpha value is -1.43. The van der Waals surface area contributed by atoms with Gasteiger partial charge in [-0.3, -0.25) is 9.59 Å².